The van der Waals surface area contributed by atoms with Crippen LogP contribution in [0.3, 0.4) is 0 Å². The van der Waals surface area contributed by atoms with Crippen molar-refractivity contribution in [1.82, 2.24) is 0 Å². The van der Waals surface area contributed by atoms with Gasteiger partial charge in [-0.15, -0.1) is 0 Å². The second-order valence-corrected chi connectivity index (χ2v) is 4.99. The lowest BCUT2D eigenvalue weighted by Gasteiger charge is -2.10. The van der Waals surface area contributed by atoms with E-state index >= 15 is 0 Å². The number of allylic oxidation sites excluding steroid dienone is 1. The molecule has 0 amide bonds. The molecule has 0 saturated heterocycles. The van der Waals surface area contributed by atoms with Crippen LogP contribution in [0.15, 0.2) is 30.8 Å². The molecule has 112 valence electrons. The highest BCUT2D eigenvalue weighted by Gasteiger charge is 2.01. The van der Waals surface area contributed by atoms with Crippen LogP contribution in [0.4, 0.5) is 0 Å². The molecule has 0 radical (unpaired) electrons. The first kappa shape index (κ1) is 16.8. The molecule has 0 spiro atoms. The second-order valence-electron chi connectivity index (χ2n) is 4.99. The van der Waals surface area contributed by atoms with E-state index in [2.05, 4.69) is 25.6 Å². The van der Waals surface area contributed by atoms with Crippen molar-refractivity contribution in [2.75, 3.05) is 19.8 Å². The number of hydrogen-bond donors (Lipinski definition) is 0. The van der Waals surface area contributed by atoms with Crippen molar-refractivity contribution in [3.8, 4) is 5.75 Å². The van der Waals surface area contributed by atoms with E-state index in [1.54, 1.807) is 0 Å². The van der Waals surface area contributed by atoms with Crippen LogP contribution >= 0.6 is 0 Å². The number of rotatable bonds is 11. The summed E-state index contributed by atoms with van der Waals surface area (Å²) in [4.78, 5) is 0. The standard InChI is InChI=1S/C18H28O2/c1-4-6-7-8-10-16(3)17-11-9-12-18(15-17)20-14-13-19-5-2/h9,11-12,15H,3-8,10,13-14H2,1-2H3. The maximum atomic E-state index is 5.68. The van der Waals surface area contributed by atoms with Gasteiger partial charge in [0.2, 0.25) is 0 Å². The fourth-order valence-corrected chi connectivity index (χ4v) is 2.08. The zero-order chi connectivity index (χ0) is 14.6. The highest BCUT2D eigenvalue weighted by Crippen LogP contribution is 2.23. The van der Waals surface area contributed by atoms with E-state index in [-0.39, 0.29) is 0 Å². The van der Waals surface area contributed by atoms with E-state index in [0.717, 1.165) is 18.8 Å². The Hall–Kier alpha value is -1.28. The molecule has 2 nitrogen and oxygen atoms in total. The minimum Gasteiger partial charge on any atom is -0.491 e. The molecule has 0 N–H and O–H groups in total. The summed E-state index contributed by atoms with van der Waals surface area (Å²) in [5, 5.41) is 0. The smallest absolute Gasteiger partial charge is 0.120 e. The molecule has 1 rings (SSSR count). The van der Waals surface area contributed by atoms with Crippen LogP contribution in [-0.2, 0) is 4.74 Å². The van der Waals surface area contributed by atoms with Gasteiger partial charge in [-0.05, 0) is 43.0 Å². The van der Waals surface area contributed by atoms with Crippen LogP contribution in [-0.4, -0.2) is 19.8 Å². The highest BCUT2D eigenvalue weighted by molar-refractivity contribution is 5.64. The van der Waals surface area contributed by atoms with Crippen LogP contribution in [0.5, 0.6) is 5.75 Å². The molecule has 0 fully saturated rings. The van der Waals surface area contributed by atoms with Gasteiger partial charge in [-0.2, -0.15) is 0 Å². The first-order valence-electron chi connectivity index (χ1n) is 7.76. The molecule has 0 bridgehead atoms. The Morgan fingerprint density at radius 2 is 1.95 bits per heavy atom. The van der Waals surface area contributed by atoms with Crippen LogP contribution in [0.2, 0.25) is 0 Å². The fourth-order valence-electron chi connectivity index (χ4n) is 2.08. The largest absolute Gasteiger partial charge is 0.491 e. The molecule has 0 aliphatic rings. The number of hydrogen-bond acceptors (Lipinski definition) is 2. The van der Waals surface area contributed by atoms with Crippen molar-refractivity contribution in [3.05, 3.63) is 36.4 Å². The van der Waals surface area contributed by atoms with E-state index in [1.807, 2.05) is 19.1 Å². The van der Waals surface area contributed by atoms with Crippen LogP contribution in [0, 0.1) is 0 Å². The van der Waals surface area contributed by atoms with E-state index in [0.29, 0.717) is 13.2 Å². The first-order valence-corrected chi connectivity index (χ1v) is 7.76. The topological polar surface area (TPSA) is 18.5 Å². The van der Waals surface area contributed by atoms with Gasteiger partial charge in [0, 0.05) is 6.61 Å². The molecule has 0 heterocycles. The molecule has 1 aromatic carbocycles. The summed E-state index contributed by atoms with van der Waals surface area (Å²) in [6.45, 7) is 10.4. The Kier molecular flexibility index (Phi) is 8.81. The highest BCUT2D eigenvalue weighted by atomic mass is 16.5. The third-order valence-corrected chi connectivity index (χ3v) is 3.27. The fraction of sp³-hybridized carbons (Fsp3) is 0.556. The van der Waals surface area contributed by atoms with Gasteiger partial charge < -0.3 is 9.47 Å². The van der Waals surface area contributed by atoms with Crippen molar-refractivity contribution in [2.45, 2.75) is 46.0 Å². The lowest BCUT2D eigenvalue weighted by molar-refractivity contribution is 0.110. The SMILES string of the molecule is C=C(CCCCCC)c1cccc(OCCOCC)c1. The van der Waals surface area contributed by atoms with Crippen LogP contribution in [0.1, 0.15) is 51.5 Å². The molecule has 0 aromatic heterocycles. The molecule has 0 aliphatic carbocycles. The quantitative estimate of drug-likeness (QED) is 0.524. The van der Waals surface area contributed by atoms with E-state index in [4.69, 9.17) is 9.47 Å². The third-order valence-electron chi connectivity index (χ3n) is 3.27. The minimum atomic E-state index is 0.597. The summed E-state index contributed by atoms with van der Waals surface area (Å²) in [5.74, 6) is 0.900. The van der Waals surface area contributed by atoms with Crippen molar-refractivity contribution in [2.24, 2.45) is 0 Å². The van der Waals surface area contributed by atoms with Crippen molar-refractivity contribution < 1.29 is 9.47 Å². The Labute approximate surface area is 123 Å². The van der Waals surface area contributed by atoms with Crippen molar-refractivity contribution in [1.29, 1.82) is 0 Å². The Morgan fingerprint density at radius 1 is 1.10 bits per heavy atom. The number of ether oxygens (including phenoxy) is 2. The molecular formula is C18H28O2. The average Bonchev–Trinajstić information content (AvgIpc) is 2.48. The van der Waals surface area contributed by atoms with Gasteiger partial charge in [0.05, 0.1) is 6.61 Å². The summed E-state index contributed by atoms with van der Waals surface area (Å²) in [5.41, 5.74) is 2.40. The van der Waals surface area contributed by atoms with Gasteiger partial charge in [0.1, 0.15) is 12.4 Å². The lowest BCUT2D eigenvalue weighted by atomic mass is 10.0. The maximum Gasteiger partial charge on any atom is 0.120 e. The average molecular weight is 276 g/mol. The Balaban J connectivity index is 2.39. The molecule has 0 atom stereocenters. The summed E-state index contributed by atoms with van der Waals surface area (Å²) < 4.78 is 10.9. The first-order chi connectivity index (χ1) is 9.77. The predicted octanol–water partition coefficient (Wildman–Crippen LogP) is 5.09. The minimum absolute atomic E-state index is 0.597. The second kappa shape index (κ2) is 10.5. The lowest BCUT2D eigenvalue weighted by Crippen LogP contribution is -2.06. The van der Waals surface area contributed by atoms with Gasteiger partial charge in [-0.25, -0.2) is 0 Å². The van der Waals surface area contributed by atoms with Gasteiger partial charge in [-0.3, -0.25) is 0 Å². The van der Waals surface area contributed by atoms with Crippen molar-refractivity contribution in [3.63, 3.8) is 0 Å². The maximum absolute atomic E-state index is 5.68. The molecule has 2 heteroatoms. The normalized spacial score (nSPS) is 10.5. The molecule has 0 unspecified atom stereocenters. The summed E-state index contributed by atoms with van der Waals surface area (Å²) in [6.07, 6.45) is 6.17. The molecule has 0 aliphatic heterocycles. The third kappa shape index (κ3) is 6.76. The number of unbranched alkanes of at least 4 members (excludes halogenated alkanes) is 3. The summed E-state index contributed by atoms with van der Waals surface area (Å²) >= 11 is 0. The summed E-state index contributed by atoms with van der Waals surface area (Å²) in [6, 6.07) is 8.20. The molecular weight excluding hydrogens is 248 g/mol. The molecule has 0 saturated carbocycles. The van der Waals surface area contributed by atoms with Crippen LogP contribution in [0.25, 0.3) is 5.57 Å². The van der Waals surface area contributed by atoms with Crippen molar-refractivity contribution >= 4 is 5.57 Å². The number of benzene rings is 1. The molecule has 20 heavy (non-hydrogen) atoms. The van der Waals surface area contributed by atoms with E-state index in [9.17, 15) is 0 Å². The molecule has 1 aromatic rings. The van der Waals surface area contributed by atoms with Gasteiger partial charge in [0.15, 0.2) is 0 Å². The van der Waals surface area contributed by atoms with Gasteiger partial charge >= 0.3 is 0 Å². The van der Waals surface area contributed by atoms with E-state index in [1.165, 1.54) is 36.8 Å². The van der Waals surface area contributed by atoms with E-state index < -0.39 is 0 Å². The zero-order valence-corrected chi connectivity index (χ0v) is 13.0. The Bertz CT molecular complexity index is 385. The van der Waals surface area contributed by atoms with Gasteiger partial charge in [0.25, 0.3) is 0 Å². The predicted molar refractivity (Wildman–Crippen MR) is 86.2 cm³/mol. The van der Waals surface area contributed by atoms with Gasteiger partial charge in [-0.1, -0.05) is 44.9 Å². The summed E-state index contributed by atoms with van der Waals surface area (Å²) in [7, 11) is 0. The zero-order valence-electron chi connectivity index (χ0n) is 13.0. The van der Waals surface area contributed by atoms with Crippen LogP contribution < -0.4 is 4.74 Å². The monoisotopic (exact) mass is 276 g/mol. The Morgan fingerprint density at radius 3 is 2.70 bits per heavy atom.